The third-order valence-corrected chi connectivity index (χ3v) is 2.94. The first-order valence-corrected chi connectivity index (χ1v) is 5.07. The van der Waals surface area contributed by atoms with Crippen LogP contribution in [0.2, 0.25) is 0 Å². The van der Waals surface area contributed by atoms with E-state index in [2.05, 4.69) is 27.4 Å². The number of fused-ring (bicyclic) bond motifs is 1. The summed E-state index contributed by atoms with van der Waals surface area (Å²) in [6.07, 6.45) is 5.11. The summed E-state index contributed by atoms with van der Waals surface area (Å²) < 4.78 is 0. The molecule has 2 N–H and O–H groups in total. The predicted molar refractivity (Wildman–Crippen MR) is 56.3 cm³/mol. The van der Waals surface area contributed by atoms with E-state index < -0.39 is 0 Å². The van der Waals surface area contributed by atoms with Crippen LogP contribution in [0.15, 0.2) is 24.5 Å². The standard InChI is InChI=1S/C11H13N3/c1-3-12-6-9(1)10-5-8-2-4-13-11(8)7-14-10/h2,4-5,7,9,12-13H,1,3,6H2/t9-/m1/s1. The van der Waals surface area contributed by atoms with Gasteiger partial charge in [-0.2, -0.15) is 0 Å². The molecule has 72 valence electrons. The first-order chi connectivity index (χ1) is 6.93. The molecule has 0 radical (unpaired) electrons. The molecular weight excluding hydrogens is 174 g/mol. The van der Waals surface area contributed by atoms with Gasteiger partial charge in [-0.25, -0.2) is 0 Å². The minimum absolute atomic E-state index is 0.606. The summed E-state index contributed by atoms with van der Waals surface area (Å²) >= 11 is 0. The zero-order valence-electron chi connectivity index (χ0n) is 7.96. The minimum Gasteiger partial charge on any atom is -0.360 e. The van der Waals surface area contributed by atoms with Crippen molar-refractivity contribution in [2.75, 3.05) is 13.1 Å². The minimum atomic E-state index is 0.606. The molecular formula is C11H13N3. The Morgan fingerprint density at radius 2 is 2.43 bits per heavy atom. The number of hydrogen-bond acceptors (Lipinski definition) is 2. The fourth-order valence-corrected chi connectivity index (χ4v) is 2.10. The number of aromatic amines is 1. The fraction of sp³-hybridized carbons (Fsp3) is 0.364. The summed E-state index contributed by atoms with van der Waals surface area (Å²) in [4.78, 5) is 7.65. The monoisotopic (exact) mass is 187 g/mol. The molecule has 2 aromatic heterocycles. The molecule has 1 fully saturated rings. The number of rotatable bonds is 1. The first kappa shape index (κ1) is 8.00. The molecule has 1 aliphatic heterocycles. The van der Waals surface area contributed by atoms with Gasteiger partial charge in [-0.1, -0.05) is 0 Å². The van der Waals surface area contributed by atoms with Crippen LogP contribution in [0.25, 0.3) is 10.9 Å². The van der Waals surface area contributed by atoms with Crippen molar-refractivity contribution >= 4 is 10.9 Å². The number of hydrogen-bond donors (Lipinski definition) is 2. The average Bonchev–Trinajstić information content (AvgIpc) is 2.88. The SMILES string of the molecule is c1cc2cc([C@@H]3CCNC3)ncc2[nH]1. The Hall–Kier alpha value is -1.35. The van der Waals surface area contributed by atoms with Gasteiger partial charge in [0.1, 0.15) is 0 Å². The van der Waals surface area contributed by atoms with Crippen LogP contribution >= 0.6 is 0 Å². The molecule has 3 heteroatoms. The smallest absolute Gasteiger partial charge is 0.0640 e. The first-order valence-electron chi connectivity index (χ1n) is 5.07. The summed E-state index contributed by atoms with van der Waals surface area (Å²) in [6.45, 7) is 2.19. The second-order valence-corrected chi connectivity index (χ2v) is 3.86. The van der Waals surface area contributed by atoms with Gasteiger partial charge < -0.3 is 10.3 Å². The van der Waals surface area contributed by atoms with E-state index in [9.17, 15) is 0 Å². The summed E-state index contributed by atoms with van der Waals surface area (Å²) in [6, 6.07) is 4.30. The second-order valence-electron chi connectivity index (χ2n) is 3.86. The molecule has 1 saturated heterocycles. The van der Waals surface area contributed by atoms with Crippen LogP contribution in [-0.4, -0.2) is 23.1 Å². The second kappa shape index (κ2) is 3.10. The topological polar surface area (TPSA) is 40.7 Å². The third kappa shape index (κ3) is 1.21. The lowest BCUT2D eigenvalue weighted by Gasteiger charge is -2.06. The van der Waals surface area contributed by atoms with E-state index in [0.717, 1.165) is 18.6 Å². The average molecular weight is 187 g/mol. The van der Waals surface area contributed by atoms with Gasteiger partial charge in [0.05, 0.1) is 11.7 Å². The van der Waals surface area contributed by atoms with E-state index in [1.165, 1.54) is 17.5 Å². The van der Waals surface area contributed by atoms with Crippen molar-refractivity contribution in [3.63, 3.8) is 0 Å². The van der Waals surface area contributed by atoms with E-state index >= 15 is 0 Å². The number of pyridine rings is 1. The number of H-pyrrole nitrogens is 1. The van der Waals surface area contributed by atoms with Gasteiger partial charge in [0.2, 0.25) is 0 Å². The summed E-state index contributed by atoms with van der Waals surface area (Å²) in [5, 5.41) is 4.63. The van der Waals surface area contributed by atoms with Crippen LogP contribution in [0.4, 0.5) is 0 Å². The molecule has 0 bridgehead atoms. The highest BCUT2D eigenvalue weighted by Crippen LogP contribution is 2.23. The molecule has 14 heavy (non-hydrogen) atoms. The number of nitrogens with one attached hydrogen (secondary N) is 2. The molecule has 1 atom stereocenters. The van der Waals surface area contributed by atoms with E-state index in [-0.39, 0.29) is 0 Å². The zero-order valence-corrected chi connectivity index (χ0v) is 7.96. The highest BCUT2D eigenvalue weighted by Gasteiger charge is 2.17. The van der Waals surface area contributed by atoms with Gasteiger partial charge in [-0.3, -0.25) is 4.98 Å². The molecule has 3 nitrogen and oxygen atoms in total. The van der Waals surface area contributed by atoms with Crippen molar-refractivity contribution in [1.82, 2.24) is 15.3 Å². The van der Waals surface area contributed by atoms with Gasteiger partial charge in [0.15, 0.2) is 0 Å². The largest absolute Gasteiger partial charge is 0.360 e. The van der Waals surface area contributed by atoms with Gasteiger partial charge in [0, 0.05) is 29.7 Å². The summed E-state index contributed by atoms with van der Waals surface area (Å²) in [5.41, 5.74) is 2.35. The highest BCUT2D eigenvalue weighted by molar-refractivity contribution is 5.78. The van der Waals surface area contributed by atoms with Gasteiger partial charge in [0.25, 0.3) is 0 Å². The lowest BCUT2D eigenvalue weighted by atomic mass is 10.0. The Morgan fingerprint density at radius 3 is 3.29 bits per heavy atom. The van der Waals surface area contributed by atoms with E-state index in [1.807, 2.05) is 12.4 Å². The lowest BCUT2D eigenvalue weighted by molar-refractivity contribution is 0.737. The van der Waals surface area contributed by atoms with Crippen LogP contribution in [0.5, 0.6) is 0 Å². The van der Waals surface area contributed by atoms with Crippen molar-refractivity contribution in [2.24, 2.45) is 0 Å². The van der Waals surface area contributed by atoms with Crippen molar-refractivity contribution in [1.29, 1.82) is 0 Å². The molecule has 0 aromatic carbocycles. The maximum Gasteiger partial charge on any atom is 0.0640 e. The molecule has 3 heterocycles. The molecule has 0 aliphatic carbocycles. The Kier molecular flexibility index (Phi) is 1.77. The van der Waals surface area contributed by atoms with Crippen LogP contribution in [0, 0.1) is 0 Å². The van der Waals surface area contributed by atoms with E-state index in [1.54, 1.807) is 0 Å². The maximum atomic E-state index is 4.49. The molecule has 2 aromatic rings. The van der Waals surface area contributed by atoms with Gasteiger partial charge >= 0.3 is 0 Å². The molecule has 3 rings (SSSR count). The zero-order chi connectivity index (χ0) is 9.38. The third-order valence-electron chi connectivity index (χ3n) is 2.94. The van der Waals surface area contributed by atoms with Crippen molar-refractivity contribution < 1.29 is 0 Å². The molecule has 0 spiro atoms. The Balaban J connectivity index is 2.04. The fourth-order valence-electron chi connectivity index (χ4n) is 2.10. The van der Waals surface area contributed by atoms with Gasteiger partial charge in [-0.15, -0.1) is 0 Å². The molecule has 0 unspecified atom stereocenters. The van der Waals surface area contributed by atoms with Gasteiger partial charge in [-0.05, 0) is 25.1 Å². The van der Waals surface area contributed by atoms with Crippen molar-refractivity contribution in [3.05, 3.63) is 30.2 Å². The Labute approximate surface area is 82.5 Å². The van der Waals surface area contributed by atoms with Crippen molar-refractivity contribution in [2.45, 2.75) is 12.3 Å². The van der Waals surface area contributed by atoms with Crippen LogP contribution in [0.1, 0.15) is 18.0 Å². The summed E-state index contributed by atoms with van der Waals surface area (Å²) in [5.74, 6) is 0.606. The van der Waals surface area contributed by atoms with E-state index in [0.29, 0.717) is 5.92 Å². The van der Waals surface area contributed by atoms with Crippen molar-refractivity contribution in [3.8, 4) is 0 Å². The normalized spacial score (nSPS) is 21.9. The Morgan fingerprint density at radius 1 is 1.43 bits per heavy atom. The lowest BCUT2D eigenvalue weighted by Crippen LogP contribution is -2.08. The number of nitrogens with zero attached hydrogens (tertiary/aromatic N) is 1. The Bertz CT molecular complexity index is 440. The molecule has 1 aliphatic rings. The number of aromatic nitrogens is 2. The maximum absolute atomic E-state index is 4.49. The predicted octanol–water partition coefficient (Wildman–Crippen LogP) is 1.64. The molecule has 0 amide bonds. The highest BCUT2D eigenvalue weighted by atomic mass is 14.9. The van der Waals surface area contributed by atoms with Crippen LogP contribution in [-0.2, 0) is 0 Å². The van der Waals surface area contributed by atoms with E-state index in [4.69, 9.17) is 0 Å². The quantitative estimate of drug-likeness (QED) is 0.712. The van der Waals surface area contributed by atoms with Crippen LogP contribution in [0.3, 0.4) is 0 Å². The van der Waals surface area contributed by atoms with Crippen LogP contribution < -0.4 is 5.32 Å². The molecule has 0 saturated carbocycles. The summed E-state index contributed by atoms with van der Waals surface area (Å²) in [7, 11) is 0.